The maximum absolute atomic E-state index is 9.37. The number of hydrogen-bond acceptors (Lipinski definition) is 4. The van der Waals surface area contributed by atoms with E-state index in [0.29, 0.717) is 12.1 Å². The molecule has 0 radical (unpaired) electrons. The molecule has 0 saturated heterocycles. The lowest BCUT2D eigenvalue weighted by Gasteiger charge is -2.11. The van der Waals surface area contributed by atoms with Crippen molar-refractivity contribution in [2.45, 2.75) is 25.0 Å². The lowest BCUT2D eigenvalue weighted by molar-refractivity contribution is 0.281. The molecule has 2 N–H and O–H groups in total. The zero-order valence-electron chi connectivity index (χ0n) is 12.0. The van der Waals surface area contributed by atoms with Crippen LogP contribution in [0.3, 0.4) is 0 Å². The first-order valence-corrected chi connectivity index (χ1v) is 7.85. The van der Waals surface area contributed by atoms with Gasteiger partial charge in [-0.3, -0.25) is 0 Å². The molecule has 0 heterocycles. The molecule has 0 aliphatic heterocycles. The molecule has 0 atom stereocenters. The lowest BCUT2D eigenvalue weighted by Crippen LogP contribution is -2.02. The van der Waals surface area contributed by atoms with E-state index in [1.54, 1.807) is 11.8 Å². The second-order valence-electron chi connectivity index (χ2n) is 4.56. The van der Waals surface area contributed by atoms with E-state index in [-0.39, 0.29) is 6.61 Å². The molecule has 0 spiro atoms. The molecule has 3 nitrogen and oxygen atoms in total. The van der Waals surface area contributed by atoms with Gasteiger partial charge in [0, 0.05) is 11.4 Å². The highest BCUT2D eigenvalue weighted by molar-refractivity contribution is 7.99. The van der Waals surface area contributed by atoms with Gasteiger partial charge < -0.3 is 10.4 Å². The predicted molar refractivity (Wildman–Crippen MR) is 87.2 cm³/mol. The minimum atomic E-state index is 0.0416. The number of nitrogens with one attached hydrogen (secondary N) is 1. The van der Waals surface area contributed by atoms with Crippen LogP contribution < -0.4 is 5.32 Å². The lowest BCUT2D eigenvalue weighted by atomic mass is 10.1. The number of aliphatic hydroxyl groups is 1. The molecule has 2 aromatic rings. The van der Waals surface area contributed by atoms with Crippen molar-refractivity contribution in [3.8, 4) is 6.07 Å². The molecule has 0 unspecified atom stereocenters. The zero-order chi connectivity index (χ0) is 15.1. The Balaban J connectivity index is 2.16. The second-order valence-corrected chi connectivity index (χ2v) is 5.86. The summed E-state index contributed by atoms with van der Waals surface area (Å²) in [5.41, 5.74) is 3.53. The van der Waals surface area contributed by atoms with Crippen LogP contribution in [0.5, 0.6) is 0 Å². The van der Waals surface area contributed by atoms with Gasteiger partial charge >= 0.3 is 0 Å². The molecule has 0 aliphatic rings. The van der Waals surface area contributed by atoms with Gasteiger partial charge in [0.15, 0.2) is 0 Å². The van der Waals surface area contributed by atoms with Crippen molar-refractivity contribution < 1.29 is 5.11 Å². The van der Waals surface area contributed by atoms with Gasteiger partial charge in [-0.25, -0.2) is 0 Å². The number of benzene rings is 2. The van der Waals surface area contributed by atoms with Crippen LogP contribution in [0.2, 0.25) is 0 Å². The van der Waals surface area contributed by atoms with Crippen molar-refractivity contribution in [2.24, 2.45) is 0 Å². The standard InChI is InChI=1S/C17H18N2OS/c1-2-21-17-8-4-7-16(15(17)10-18)19-11-13-5-3-6-14(9-13)12-20/h3-9,19-20H,2,11-12H2,1H3. The number of hydrogen-bond donors (Lipinski definition) is 2. The van der Waals surface area contributed by atoms with Crippen LogP contribution >= 0.6 is 11.8 Å². The van der Waals surface area contributed by atoms with Crippen LogP contribution in [0.1, 0.15) is 23.6 Å². The van der Waals surface area contributed by atoms with Gasteiger partial charge in [0.05, 0.1) is 17.9 Å². The Morgan fingerprint density at radius 1 is 1.19 bits per heavy atom. The average molecular weight is 298 g/mol. The minimum Gasteiger partial charge on any atom is -0.392 e. The minimum absolute atomic E-state index is 0.0416. The van der Waals surface area contributed by atoms with Crippen LogP contribution in [-0.2, 0) is 13.2 Å². The van der Waals surface area contributed by atoms with Crippen molar-refractivity contribution in [3.05, 3.63) is 59.2 Å². The van der Waals surface area contributed by atoms with Gasteiger partial charge in [-0.1, -0.05) is 37.3 Å². The third-order valence-electron chi connectivity index (χ3n) is 3.09. The molecule has 0 bridgehead atoms. The first-order chi connectivity index (χ1) is 10.3. The van der Waals surface area contributed by atoms with Gasteiger partial charge in [0.2, 0.25) is 0 Å². The summed E-state index contributed by atoms with van der Waals surface area (Å²) in [5, 5.41) is 21.8. The van der Waals surface area contributed by atoms with Gasteiger partial charge in [0.1, 0.15) is 6.07 Å². The summed E-state index contributed by atoms with van der Waals surface area (Å²) in [5.74, 6) is 0.941. The summed E-state index contributed by atoms with van der Waals surface area (Å²) in [6.07, 6.45) is 0. The van der Waals surface area contributed by atoms with Gasteiger partial charge in [0.25, 0.3) is 0 Å². The van der Waals surface area contributed by atoms with Crippen LogP contribution in [0.25, 0.3) is 0 Å². The normalized spacial score (nSPS) is 10.1. The van der Waals surface area contributed by atoms with Crippen LogP contribution in [-0.4, -0.2) is 10.9 Å². The number of anilines is 1. The van der Waals surface area contributed by atoms with E-state index in [4.69, 9.17) is 5.11 Å². The maximum Gasteiger partial charge on any atom is 0.102 e. The molecule has 4 heteroatoms. The third kappa shape index (κ3) is 4.01. The largest absolute Gasteiger partial charge is 0.392 e. The molecule has 0 aromatic heterocycles. The van der Waals surface area contributed by atoms with Crippen molar-refractivity contribution in [3.63, 3.8) is 0 Å². The first kappa shape index (κ1) is 15.4. The predicted octanol–water partition coefficient (Wildman–Crippen LogP) is 3.77. The monoisotopic (exact) mass is 298 g/mol. The Kier molecular flexibility index (Phi) is 5.68. The molecular formula is C17H18N2OS. The fourth-order valence-corrected chi connectivity index (χ4v) is 2.89. The smallest absolute Gasteiger partial charge is 0.102 e. The summed E-state index contributed by atoms with van der Waals surface area (Å²) in [7, 11) is 0. The van der Waals surface area contributed by atoms with Gasteiger partial charge in [-0.2, -0.15) is 5.26 Å². The van der Waals surface area contributed by atoms with Crippen molar-refractivity contribution in [1.29, 1.82) is 5.26 Å². The van der Waals surface area contributed by atoms with E-state index in [1.165, 1.54) is 0 Å². The van der Waals surface area contributed by atoms with E-state index < -0.39 is 0 Å². The Morgan fingerprint density at radius 3 is 2.67 bits per heavy atom. The third-order valence-corrected chi connectivity index (χ3v) is 4.03. The topological polar surface area (TPSA) is 56.0 Å². The van der Waals surface area contributed by atoms with Crippen molar-refractivity contribution >= 4 is 17.4 Å². The van der Waals surface area contributed by atoms with Crippen molar-refractivity contribution in [1.82, 2.24) is 0 Å². The molecule has 108 valence electrons. The van der Waals surface area contributed by atoms with Crippen LogP contribution in [0.15, 0.2) is 47.4 Å². The van der Waals surface area contributed by atoms with E-state index in [9.17, 15) is 5.26 Å². The molecule has 0 fully saturated rings. The molecule has 21 heavy (non-hydrogen) atoms. The first-order valence-electron chi connectivity index (χ1n) is 6.87. The molecule has 0 amide bonds. The Morgan fingerprint density at radius 2 is 1.95 bits per heavy atom. The summed E-state index contributed by atoms with van der Waals surface area (Å²) < 4.78 is 0. The fourth-order valence-electron chi connectivity index (χ4n) is 2.10. The summed E-state index contributed by atoms with van der Waals surface area (Å²) >= 11 is 1.67. The summed E-state index contributed by atoms with van der Waals surface area (Å²) in [6, 6.07) is 15.9. The Labute approximate surface area is 129 Å². The second kappa shape index (κ2) is 7.72. The van der Waals surface area contributed by atoms with Gasteiger partial charge in [-0.05, 0) is 29.0 Å². The van der Waals surface area contributed by atoms with Gasteiger partial charge in [-0.15, -0.1) is 11.8 Å². The van der Waals surface area contributed by atoms with E-state index in [0.717, 1.165) is 27.5 Å². The van der Waals surface area contributed by atoms with E-state index in [1.807, 2.05) is 42.5 Å². The Bertz CT molecular complexity index is 649. The van der Waals surface area contributed by atoms with Crippen LogP contribution in [0.4, 0.5) is 5.69 Å². The maximum atomic E-state index is 9.37. The average Bonchev–Trinajstić information content (AvgIpc) is 2.53. The molecular weight excluding hydrogens is 280 g/mol. The van der Waals surface area contributed by atoms with Crippen molar-refractivity contribution in [2.75, 3.05) is 11.1 Å². The molecule has 2 aromatic carbocycles. The Hall–Kier alpha value is -1.96. The zero-order valence-corrected chi connectivity index (χ0v) is 12.8. The number of aliphatic hydroxyl groups excluding tert-OH is 1. The molecule has 0 saturated carbocycles. The highest BCUT2D eigenvalue weighted by Gasteiger charge is 2.07. The summed E-state index contributed by atoms with van der Waals surface area (Å²) in [4.78, 5) is 1.01. The van der Waals surface area contributed by atoms with Crippen LogP contribution in [0, 0.1) is 11.3 Å². The SMILES string of the molecule is CCSc1cccc(NCc2cccc(CO)c2)c1C#N. The number of rotatable bonds is 6. The fraction of sp³-hybridized carbons (Fsp3) is 0.235. The summed E-state index contributed by atoms with van der Waals surface area (Å²) in [6.45, 7) is 2.75. The highest BCUT2D eigenvalue weighted by atomic mass is 32.2. The number of nitriles is 1. The molecule has 2 rings (SSSR count). The van der Waals surface area contributed by atoms with E-state index >= 15 is 0 Å². The molecule has 0 aliphatic carbocycles. The van der Waals surface area contributed by atoms with E-state index in [2.05, 4.69) is 18.3 Å². The number of thioether (sulfide) groups is 1. The quantitative estimate of drug-likeness (QED) is 0.797. The number of nitrogens with zero attached hydrogens (tertiary/aromatic N) is 1. The highest BCUT2D eigenvalue weighted by Crippen LogP contribution is 2.28.